The predicted molar refractivity (Wildman–Crippen MR) is 81.2 cm³/mol. The number of ether oxygens (including phenoxy) is 2. The quantitative estimate of drug-likeness (QED) is 0.747. The third-order valence-corrected chi connectivity index (χ3v) is 3.20. The molecule has 2 N–H and O–H groups in total. The van der Waals surface area contributed by atoms with Gasteiger partial charge in [-0.1, -0.05) is 13.8 Å². The molecule has 0 radical (unpaired) electrons. The number of nitrogens with two attached hydrogens (primary N) is 1. The smallest absolute Gasteiger partial charge is 0.242 e. The molecule has 1 aromatic rings. The Labute approximate surface area is 121 Å². The number of hydrogen-bond donors (Lipinski definition) is 1. The number of methoxy groups -OCH3 is 1. The Bertz CT molecular complexity index is 401. The van der Waals surface area contributed by atoms with Gasteiger partial charge in [-0.3, -0.25) is 0 Å². The molecule has 0 saturated heterocycles. The molecule has 1 aromatic heterocycles. The molecule has 0 aliphatic heterocycles. The van der Waals surface area contributed by atoms with E-state index in [0.29, 0.717) is 30.8 Å². The maximum atomic E-state index is 6.16. The van der Waals surface area contributed by atoms with Crippen molar-refractivity contribution >= 4 is 11.5 Å². The summed E-state index contributed by atoms with van der Waals surface area (Å²) in [6.07, 6.45) is 3.41. The Kier molecular flexibility index (Phi) is 7.08. The number of nitrogen functional groups attached to an aromatic ring is 1. The first-order valence-corrected chi connectivity index (χ1v) is 7.14. The van der Waals surface area contributed by atoms with Crippen LogP contribution in [0, 0.1) is 0 Å². The van der Waals surface area contributed by atoms with Crippen molar-refractivity contribution in [3.05, 3.63) is 6.33 Å². The summed E-state index contributed by atoms with van der Waals surface area (Å²) >= 11 is 0. The first-order chi connectivity index (χ1) is 9.65. The molecule has 0 amide bonds. The molecule has 1 atom stereocenters. The van der Waals surface area contributed by atoms with Crippen molar-refractivity contribution in [3.63, 3.8) is 0 Å². The lowest BCUT2D eigenvalue weighted by atomic mass is 10.2. The second-order valence-corrected chi connectivity index (χ2v) is 4.71. The number of aromatic nitrogens is 2. The van der Waals surface area contributed by atoms with Crippen molar-refractivity contribution < 1.29 is 9.47 Å². The first-order valence-electron chi connectivity index (χ1n) is 7.14. The molecule has 0 aliphatic carbocycles. The van der Waals surface area contributed by atoms with Gasteiger partial charge in [0.25, 0.3) is 0 Å². The van der Waals surface area contributed by atoms with E-state index in [-0.39, 0.29) is 0 Å². The number of nitrogens with zero attached hydrogens (tertiary/aromatic N) is 3. The van der Waals surface area contributed by atoms with Crippen LogP contribution in [0.2, 0.25) is 0 Å². The van der Waals surface area contributed by atoms with Gasteiger partial charge in [-0.05, 0) is 19.8 Å². The molecule has 0 bridgehead atoms. The minimum atomic E-state index is 0.321. The van der Waals surface area contributed by atoms with Crippen molar-refractivity contribution in [1.29, 1.82) is 0 Å². The van der Waals surface area contributed by atoms with E-state index in [0.717, 1.165) is 25.2 Å². The van der Waals surface area contributed by atoms with E-state index in [1.54, 1.807) is 7.11 Å². The Morgan fingerprint density at radius 3 is 2.65 bits per heavy atom. The summed E-state index contributed by atoms with van der Waals surface area (Å²) in [7, 11) is 1.69. The highest BCUT2D eigenvalue weighted by Gasteiger charge is 2.19. The zero-order chi connectivity index (χ0) is 15.0. The topological polar surface area (TPSA) is 73.5 Å². The number of anilines is 2. The van der Waals surface area contributed by atoms with Crippen molar-refractivity contribution in [2.45, 2.75) is 39.7 Å². The molecule has 0 spiro atoms. The van der Waals surface area contributed by atoms with E-state index in [9.17, 15) is 0 Å². The van der Waals surface area contributed by atoms with Crippen molar-refractivity contribution in [3.8, 4) is 5.88 Å². The average molecular weight is 282 g/mol. The van der Waals surface area contributed by atoms with Gasteiger partial charge >= 0.3 is 0 Å². The van der Waals surface area contributed by atoms with E-state index in [1.165, 1.54) is 6.33 Å². The summed E-state index contributed by atoms with van der Waals surface area (Å²) in [5, 5.41) is 0. The van der Waals surface area contributed by atoms with Crippen LogP contribution in [0.25, 0.3) is 0 Å². The Balaban J connectivity index is 2.99. The molecule has 114 valence electrons. The zero-order valence-electron chi connectivity index (χ0n) is 12.9. The molecule has 1 rings (SSSR count). The normalized spacial score (nSPS) is 12.2. The number of rotatable bonds is 9. The highest BCUT2D eigenvalue weighted by atomic mass is 16.5. The summed E-state index contributed by atoms with van der Waals surface area (Å²) in [6.45, 7) is 8.28. The maximum absolute atomic E-state index is 6.16. The van der Waals surface area contributed by atoms with Crippen LogP contribution in [0.4, 0.5) is 11.5 Å². The molecule has 1 heterocycles. The van der Waals surface area contributed by atoms with Crippen LogP contribution in [0.1, 0.15) is 33.6 Å². The highest BCUT2D eigenvalue weighted by Crippen LogP contribution is 2.29. The van der Waals surface area contributed by atoms with Crippen LogP contribution in [0.3, 0.4) is 0 Å². The number of hydrogen-bond acceptors (Lipinski definition) is 6. The fourth-order valence-electron chi connectivity index (χ4n) is 1.86. The van der Waals surface area contributed by atoms with Gasteiger partial charge < -0.3 is 20.1 Å². The predicted octanol–water partition coefficient (Wildman–Crippen LogP) is 2.10. The lowest BCUT2D eigenvalue weighted by molar-refractivity contribution is 0.203. The largest absolute Gasteiger partial charge is 0.476 e. The maximum Gasteiger partial charge on any atom is 0.242 e. The first kappa shape index (κ1) is 16.5. The van der Waals surface area contributed by atoms with Gasteiger partial charge in [-0.25, -0.2) is 4.98 Å². The van der Waals surface area contributed by atoms with E-state index in [4.69, 9.17) is 15.2 Å². The second kappa shape index (κ2) is 8.58. The summed E-state index contributed by atoms with van der Waals surface area (Å²) in [5.41, 5.74) is 6.65. The molecular weight excluding hydrogens is 256 g/mol. The van der Waals surface area contributed by atoms with Crippen LogP contribution in [0.5, 0.6) is 5.88 Å². The summed E-state index contributed by atoms with van der Waals surface area (Å²) < 4.78 is 10.7. The fourth-order valence-corrected chi connectivity index (χ4v) is 1.86. The summed E-state index contributed by atoms with van der Waals surface area (Å²) in [6, 6.07) is 0.321. The molecule has 1 unspecified atom stereocenters. The van der Waals surface area contributed by atoms with E-state index in [2.05, 4.69) is 28.7 Å². The molecule has 20 heavy (non-hydrogen) atoms. The molecule has 0 aliphatic rings. The van der Waals surface area contributed by atoms with E-state index < -0.39 is 0 Å². The minimum absolute atomic E-state index is 0.321. The third kappa shape index (κ3) is 4.23. The van der Waals surface area contributed by atoms with Crippen LogP contribution in [-0.2, 0) is 4.74 Å². The lowest BCUT2D eigenvalue weighted by Crippen LogP contribution is -2.36. The monoisotopic (exact) mass is 282 g/mol. The zero-order valence-corrected chi connectivity index (χ0v) is 12.9. The Morgan fingerprint density at radius 2 is 2.05 bits per heavy atom. The highest BCUT2D eigenvalue weighted by molar-refractivity contribution is 5.68. The van der Waals surface area contributed by atoms with Gasteiger partial charge in [0, 0.05) is 19.7 Å². The summed E-state index contributed by atoms with van der Waals surface area (Å²) in [4.78, 5) is 10.6. The minimum Gasteiger partial charge on any atom is -0.476 e. The summed E-state index contributed by atoms with van der Waals surface area (Å²) in [5.74, 6) is 1.18. The molecule has 6 nitrogen and oxygen atoms in total. The molecule has 0 saturated carbocycles. The van der Waals surface area contributed by atoms with Crippen LogP contribution in [0.15, 0.2) is 6.33 Å². The van der Waals surface area contributed by atoms with Gasteiger partial charge in [0.05, 0.1) is 13.2 Å². The Hall–Kier alpha value is -1.56. The average Bonchev–Trinajstić information content (AvgIpc) is 2.47. The molecule has 6 heteroatoms. The standard InChI is InChI=1S/C14H26N4O2/c1-5-8-20-14-12(15)13(16-10-17-14)18(7-9-19-4)11(3)6-2/h10-11H,5-9,15H2,1-4H3. The molecule has 0 aromatic carbocycles. The van der Waals surface area contributed by atoms with Gasteiger partial charge in [0.15, 0.2) is 5.82 Å². The van der Waals surface area contributed by atoms with Crippen molar-refractivity contribution in [1.82, 2.24) is 9.97 Å². The SMILES string of the molecule is CCCOc1ncnc(N(CCOC)C(C)CC)c1N. The van der Waals surface area contributed by atoms with Crippen molar-refractivity contribution in [2.75, 3.05) is 37.5 Å². The second-order valence-electron chi connectivity index (χ2n) is 4.71. The Morgan fingerprint density at radius 1 is 1.30 bits per heavy atom. The third-order valence-electron chi connectivity index (χ3n) is 3.20. The lowest BCUT2D eigenvalue weighted by Gasteiger charge is -2.30. The van der Waals surface area contributed by atoms with Crippen LogP contribution in [-0.4, -0.2) is 42.9 Å². The van der Waals surface area contributed by atoms with Gasteiger partial charge in [-0.2, -0.15) is 4.98 Å². The molecule has 0 fully saturated rings. The van der Waals surface area contributed by atoms with Crippen LogP contribution >= 0.6 is 0 Å². The molecular formula is C14H26N4O2. The van der Waals surface area contributed by atoms with Gasteiger partial charge in [0.2, 0.25) is 5.88 Å². The van der Waals surface area contributed by atoms with Gasteiger partial charge in [-0.15, -0.1) is 0 Å². The van der Waals surface area contributed by atoms with E-state index in [1.807, 2.05) is 6.92 Å². The van der Waals surface area contributed by atoms with Crippen LogP contribution < -0.4 is 15.4 Å². The van der Waals surface area contributed by atoms with Gasteiger partial charge in [0.1, 0.15) is 12.0 Å². The van der Waals surface area contributed by atoms with Crippen molar-refractivity contribution in [2.24, 2.45) is 0 Å². The fraction of sp³-hybridized carbons (Fsp3) is 0.714. The van der Waals surface area contributed by atoms with E-state index >= 15 is 0 Å².